The molecule has 2 saturated heterocycles. The van der Waals surface area contributed by atoms with Crippen LogP contribution in [0.25, 0.3) is 0 Å². The van der Waals surface area contributed by atoms with E-state index in [1.165, 1.54) is 25.2 Å². The number of nitrogens with two attached hydrogens (primary N) is 1. The number of nitrogen functional groups attached to an aromatic ring is 1. The van der Waals surface area contributed by atoms with Crippen LogP contribution < -0.4 is 11.3 Å². The molecule has 2 atom stereocenters. The van der Waals surface area contributed by atoms with Gasteiger partial charge in [-0.2, -0.15) is 0 Å². The summed E-state index contributed by atoms with van der Waals surface area (Å²) in [6.07, 6.45) is 5.36. The van der Waals surface area contributed by atoms with E-state index < -0.39 is 0 Å². The molecule has 108 valence electrons. The maximum atomic E-state index is 12.6. The van der Waals surface area contributed by atoms with Gasteiger partial charge >= 0.3 is 0 Å². The predicted molar refractivity (Wildman–Crippen MR) is 74.9 cm³/mol. The molecule has 2 aliphatic heterocycles. The number of fused-ring (bicyclic) bond motifs is 1. The summed E-state index contributed by atoms with van der Waals surface area (Å²) in [5, 5.41) is 0. The third kappa shape index (κ3) is 2.34. The van der Waals surface area contributed by atoms with Crippen LogP contribution in [-0.4, -0.2) is 57.4 Å². The number of hydrogen-bond acceptors (Lipinski definition) is 6. The molecule has 3 N–H and O–H groups in total. The van der Waals surface area contributed by atoms with Crippen molar-refractivity contribution in [1.29, 1.82) is 0 Å². The second kappa shape index (κ2) is 5.34. The van der Waals surface area contributed by atoms with Gasteiger partial charge in [0.2, 0.25) is 0 Å². The summed E-state index contributed by atoms with van der Waals surface area (Å²) < 4.78 is 0. The van der Waals surface area contributed by atoms with Gasteiger partial charge < -0.3 is 10.3 Å². The third-order valence-corrected chi connectivity index (χ3v) is 4.22. The molecule has 0 saturated carbocycles. The molecule has 2 fully saturated rings. The Balaban J connectivity index is 1.75. The molecule has 3 rings (SSSR count). The number of carbonyl (C=O) groups excluding carboxylic acids is 1. The van der Waals surface area contributed by atoms with Gasteiger partial charge in [0.25, 0.3) is 5.91 Å². The minimum absolute atomic E-state index is 0.0416. The summed E-state index contributed by atoms with van der Waals surface area (Å²) in [6.45, 7) is 4.99. The van der Waals surface area contributed by atoms with Gasteiger partial charge in [0.1, 0.15) is 5.69 Å². The largest absolute Gasteiger partial charge is 0.332 e. The fourth-order valence-electron chi connectivity index (χ4n) is 3.13. The standard InChI is InChI=1S/C13H20N6O/c1-9-7-18-4-2-3-10(18)8-19(9)13(20)11-5-16-12(17-14)6-15-11/h5-6,9-10H,2-4,7-8,14H2,1H3,(H,16,17). The maximum Gasteiger partial charge on any atom is 0.274 e. The predicted octanol–water partition coefficient (Wildman–Crippen LogP) is 0.0709. The zero-order valence-electron chi connectivity index (χ0n) is 11.6. The van der Waals surface area contributed by atoms with E-state index >= 15 is 0 Å². The molecule has 7 heteroatoms. The van der Waals surface area contributed by atoms with Gasteiger partial charge in [-0.15, -0.1) is 0 Å². The Hall–Kier alpha value is -1.73. The fourth-order valence-corrected chi connectivity index (χ4v) is 3.13. The SMILES string of the molecule is CC1CN2CCCC2CN1C(=O)c1cnc(NN)cn1. The van der Waals surface area contributed by atoms with E-state index in [4.69, 9.17) is 5.84 Å². The number of amides is 1. The third-order valence-electron chi connectivity index (χ3n) is 4.22. The van der Waals surface area contributed by atoms with Crippen molar-refractivity contribution < 1.29 is 4.79 Å². The number of hydrogen-bond donors (Lipinski definition) is 2. The van der Waals surface area contributed by atoms with Crippen LogP contribution in [0.1, 0.15) is 30.3 Å². The van der Waals surface area contributed by atoms with Crippen LogP contribution in [0.4, 0.5) is 5.82 Å². The Morgan fingerprint density at radius 1 is 1.40 bits per heavy atom. The highest BCUT2D eigenvalue weighted by Crippen LogP contribution is 2.25. The molecule has 2 aliphatic rings. The molecular formula is C13H20N6O. The van der Waals surface area contributed by atoms with E-state index in [-0.39, 0.29) is 11.9 Å². The molecular weight excluding hydrogens is 256 g/mol. The average molecular weight is 276 g/mol. The van der Waals surface area contributed by atoms with Gasteiger partial charge in [-0.25, -0.2) is 15.8 Å². The maximum absolute atomic E-state index is 12.6. The molecule has 0 aromatic carbocycles. The number of nitrogens with one attached hydrogen (secondary N) is 1. The van der Waals surface area contributed by atoms with Crippen LogP contribution in [0.15, 0.2) is 12.4 Å². The number of piperazine rings is 1. The molecule has 1 aromatic rings. The van der Waals surface area contributed by atoms with Crippen molar-refractivity contribution in [2.24, 2.45) is 5.84 Å². The molecule has 1 amide bonds. The van der Waals surface area contributed by atoms with E-state index in [9.17, 15) is 4.79 Å². The Bertz CT molecular complexity index is 490. The van der Waals surface area contributed by atoms with Crippen molar-refractivity contribution in [2.45, 2.75) is 31.8 Å². The topological polar surface area (TPSA) is 87.4 Å². The lowest BCUT2D eigenvalue weighted by molar-refractivity contribution is 0.0390. The molecule has 0 aliphatic carbocycles. The Labute approximate surface area is 118 Å². The van der Waals surface area contributed by atoms with E-state index in [0.717, 1.165) is 19.6 Å². The van der Waals surface area contributed by atoms with E-state index in [0.29, 0.717) is 17.6 Å². The molecule has 7 nitrogen and oxygen atoms in total. The van der Waals surface area contributed by atoms with Gasteiger partial charge in [0.05, 0.1) is 12.4 Å². The van der Waals surface area contributed by atoms with Crippen molar-refractivity contribution in [3.8, 4) is 0 Å². The summed E-state index contributed by atoms with van der Waals surface area (Å²) in [7, 11) is 0. The summed E-state index contributed by atoms with van der Waals surface area (Å²) >= 11 is 0. The highest BCUT2D eigenvalue weighted by atomic mass is 16.2. The smallest absolute Gasteiger partial charge is 0.274 e. The second-order valence-electron chi connectivity index (χ2n) is 5.53. The van der Waals surface area contributed by atoms with Gasteiger partial charge in [-0.05, 0) is 26.3 Å². The Morgan fingerprint density at radius 2 is 2.25 bits per heavy atom. The van der Waals surface area contributed by atoms with Crippen LogP contribution in [0.3, 0.4) is 0 Å². The van der Waals surface area contributed by atoms with Crippen molar-refractivity contribution in [3.63, 3.8) is 0 Å². The normalized spacial score (nSPS) is 26.4. The van der Waals surface area contributed by atoms with E-state index in [1.807, 2.05) is 4.90 Å². The van der Waals surface area contributed by atoms with Gasteiger partial charge in [-0.3, -0.25) is 9.69 Å². The highest BCUT2D eigenvalue weighted by molar-refractivity contribution is 5.92. The summed E-state index contributed by atoms with van der Waals surface area (Å²) in [5.41, 5.74) is 2.78. The molecule has 3 heterocycles. The first-order valence-electron chi connectivity index (χ1n) is 7.02. The van der Waals surface area contributed by atoms with Crippen molar-refractivity contribution in [2.75, 3.05) is 25.1 Å². The minimum atomic E-state index is -0.0416. The van der Waals surface area contributed by atoms with Gasteiger partial charge in [0, 0.05) is 25.2 Å². The van der Waals surface area contributed by atoms with Crippen LogP contribution in [-0.2, 0) is 0 Å². The number of rotatable bonds is 2. The fraction of sp³-hybridized carbons (Fsp3) is 0.615. The zero-order valence-corrected chi connectivity index (χ0v) is 11.6. The van der Waals surface area contributed by atoms with Crippen molar-refractivity contribution >= 4 is 11.7 Å². The molecule has 20 heavy (non-hydrogen) atoms. The van der Waals surface area contributed by atoms with Crippen LogP contribution in [0, 0.1) is 0 Å². The highest BCUT2D eigenvalue weighted by Gasteiger charge is 2.37. The first-order chi connectivity index (χ1) is 9.69. The monoisotopic (exact) mass is 276 g/mol. The summed E-state index contributed by atoms with van der Waals surface area (Å²) in [6, 6.07) is 0.721. The Kier molecular flexibility index (Phi) is 3.54. The second-order valence-corrected chi connectivity index (χ2v) is 5.53. The van der Waals surface area contributed by atoms with Gasteiger partial charge in [-0.1, -0.05) is 0 Å². The first kappa shape index (κ1) is 13.3. The first-order valence-corrected chi connectivity index (χ1v) is 7.02. The number of anilines is 1. The lowest BCUT2D eigenvalue weighted by atomic mass is 10.1. The Morgan fingerprint density at radius 3 is 2.95 bits per heavy atom. The lowest BCUT2D eigenvalue weighted by Crippen LogP contribution is -2.56. The quantitative estimate of drug-likeness (QED) is 0.587. The molecule has 0 bridgehead atoms. The minimum Gasteiger partial charge on any atom is -0.332 e. The molecule has 2 unspecified atom stereocenters. The number of nitrogens with zero attached hydrogens (tertiary/aromatic N) is 4. The zero-order chi connectivity index (χ0) is 14.1. The van der Waals surface area contributed by atoms with Crippen molar-refractivity contribution in [1.82, 2.24) is 19.8 Å². The summed E-state index contributed by atoms with van der Waals surface area (Å²) in [5.74, 6) is 5.66. The molecule has 0 radical (unpaired) electrons. The number of hydrazine groups is 1. The van der Waals surface area contributed by atoms with E-state index in [1.54, 1.807) is 0 Å². The number of carbonyl (C=O) groups is 1. The molecule has 1 aromatic heterocycles. The van der Waals surface area contributed by atoms with Crippen LogP contribution in [0.2, 0.25) is 0 Å². The summed E-state index contributed by atoms with van der Waals surface area (Å²) in [4.78, 5) is 25.1. The number of aromatic nitrogens is 2. The van der Waals surface area contributed by atoms with Gasteiger partial charge in [0.15, 0.2) is 5.82 Å². The van der Waals surface area contributed by atoms with E-state index in [2.05, 4.69) is 27.2 Å². The average Bonchev–Trinajstić information content (AvgIpc) is 2.93. The van der Waals surface area contributed by atoms with Crippen molar-refractivity contribution in [3.05, 3.63) is 18.1 Å². The lowest BCUT2D eigenvalue weighted by Gasteiger charge is -2.42. The van der Waals surface area contributed by atoms with Crippen LogP contribution in [0.5, 0.6) is 0 Å². The van der Waals surface area contributed by atoms with Crippen LogP contribution >= 0.6 is 0 Å². The molecule has 0 spiro atoms.